The van der Waals surface area contributed by atoms with Crippen molar-refractivity contribution in [3.8, 4) is 12.0 Å². The van der Waals surface area contributed by atoms with E-state index in [1.807, 2.05) is 0 Å². The van der Waals surface area contributed by atoms with Gasteiger partial charge in [0.25, 0.3) is 16.0 Å². The molecule has 2 N–H and O–H groups in total. The minimum atomic E-state index is -3.91. The quantitative estimate of drug-likeness (QED) is 0.635. The predicted molar refractivity (Wildman–Crippen MR) is 101 cm³/mol. The van der Waals surface area contributed by atoms with Gasteiger partial charge in [-0.2, -0.15) is 9.97 Å². The molecule has 0 saturated carbocycles. The Morgan fingerprint density at radius 2 is 1.71 bits per heavy atom. The first-order valence-corrected chi connectivity index (χ1v) is 10.1. The topological polar surface area (TPSA) is 122 Å². The van der Waals surface area contributed by atoms with Crippen molar-refractivity contribution in [2.24, 2.45) is 0 Å². The van der Waals surface area contributed by atoms with Crippen LogP contribution in [0.1, 0.15) is 13.8 Å². The van der Waals surface area contributed by atoms with Gasteiger partial charge in [-0.3, -0.25) is 0 Å². The van der Waals surface area contributed by atoms with Crippen LogP contribution in [0.5, 0.6) is 12.0 Å². The van der Waals surface area contributed by atoms with Gasteiger partial charge in [-0.15, -0.1) is 15.3 Å². The molecule has 0 saturated heterocycles. The molecule has 0 bridgehead atoms. The molecule has 0 amide bonds. The average Bonchev–Trinajstić information content (AvgIpc) is 3.10. The van der Waals surface area contributed by atoms with Gasteiger partial charge in [0.1, 0.15) is 4.90 Å². The molecule has 150 valence electrons. The Hall–Kier alpha value is -2.67. The van der Waals surface area contributed by atoms with Gasteiger partial charge in [0, 0.05) is 6.20 Å². The maximum atomic E-state index is 12.5. The summed E-state index contributed by atoms with van der Waals surface area (Å²) in [6.07, 6.45) is 2.94. The van der Waals surface area contributed by atoms with Crippen LogP contribution >= 0.6 is 11.6 Å². The van der Waals surface area contributed by atoms with Gasteiger partial charge >= 0.3 is 12.0 Å². The zero-order chi connectivity index (χ0) is 20.1. The third-order valence-corrected chi connectivity index (χ3v) is 5.08. The van der Waals surface area contributed by atoms with Crippen molar-refractivity contribution in [1.29, 1.82) is 0 Å². The van der Waals surface area contributed by atoms with Crippen molar-refractivity contribution >= 4 is 27.6 Å². The molecule has 2 aromatic rings. The molecule has 0 atom stereocenters. The highest BCUT2D eigenvalue weighted by Crippen LogP contribution is 2.21. The van der Waals surface area contributed by atoms with Crippen LogP contribution in [0.2, 0.25) is 5.02 Å². The Kier molecular flexibility index (Phi) is 6.14. The molecule has 0 radical (unpaired) electrons. The number of benzene rings is 1. The van der Waals surface area contributed by atoms with Crippen LogP contribution in [-0.2, 0) is 10.0 Å². The van der Waals surface area contributed by atoms with Gasteiger partial charge in [-0.25, -0.2) is 18.5 Å². The zero-order valence-electron chi connectivity index (χ0n) is 15.0. The summed E-state index contributed by atoms with van der Waals surface area (Å²) in [4.78, 5) is 14.6. The number of hydrogen-bond acceptors (Lipinski definition) is 10. The Morgan fingerprint density at radius 1 is 1.07 bits per heavy atom. The summed E-state index contributed by atoms with van der Waals surface area (Å²) in [5.74, 6) is 0.151. The maximum absolute atomic E-state index is 12.5. The van der Waals surface area contributed by atoms with E-state index in [-0.39, 0.29) is 27.9 Å². The highest BCUT2D eigenvalue weighted by Gasteiger charge is 2.24. The third-order valence-electron chi connectivity index (χ3n) is 3.27. The van der Waals surface area contributed by atoms with E-state index in [0.29, 0.717) is 13.2 Å². The molecule has 0 unspecified atom stereocenters. The molecule has 0 spiro atoms. The lowest BCUT2D eigenvalue weighted by atomic mass is 10.4. The summed E-state index contributed by atoms with van der Waals surface area (Å²) in [6, 6.07) is 6.28. The van der Waals surface area contributed by atoms with Crippen LogP contribution in [0.3, 0.4) is 0 Å². The number of aromatic nitrogens is 3. The fraction of sp³-hybridized carbons (Fsp3) is 0.267. The number of anilines is 1. The predicted octanol–water partition coefficient (Wildman–Crippen LogP) is 1.23. The Labute approximate surface area is 166 Å². The minimum Gasteiger partial charge on any atom is -0.464 e. The van der Waals surface area contributed by atoms with E-state index < -0.39 is 10.0 Å². The number of halogens is 1. The van der Waals surface area contributed by atoms with E-state index in [2.05, 4.69) is 25.3 Å². The van der Waals surface area contributed by atoms with E-state index in [1.165, 1.54) is 29.5 Å². The van der Waals surface area contributed by atoms with Gasteiger partial charge < -0.3 is 9.47 Å². The molecule has 0 aliphatic carbocycles. The molecule has 0 fully saturated rings. The summed E-state index contributed by atoms with van der Waals surface area (Å²) in [7, 11) is -3.91. The highest BCUT2D eigenvalue weighted by atomic mass is 35.5. The second-order valence-electron chi connectivity index (χ2n) is 5.23. The maximum Gasteiger partial charge on any atom is 0.324 e. The fourth-order valence-corrected chi connectivity index (χ4v) is 3.62. The number of nitrogens with one attached hydrogen (secondary N) is 2. The zero-order valence-corrected chi connectivity index (χ0v) is 16.6. The molecule has 13 heteroatoms. The molecule has 1 aromatic heterocycles. The first kappa shape index (κ1) is 20.1. The molecule has 3 rings (SSSR count). The molecular formula is C15H18ClN7O4S. The van der Waals surface area contributed by atoms with Crippen LogP contribution in [0.25, 0.3) is 0 Å². The largest absolute Gasteiger partial charge is 0.464 e. The van der Waals surface area contributed by atoms with Crippen molar-refractivity contribution in [1.82, 2.24) is 30.4 Å². The van der Waals surface area contributed by atoms with Crippen molar-refractivity contribution in [3.05, 3.63) is 41.7 Å². The normalized spacial score (nSPS) is 13.8. The molecule has 28 heavy (non-hydrogen) atoms. The Bertz CT molecular complexity index is 948. The summed E-state index contributed by atoms with van der Waals surface area (Å²) in [6.45, 7) is 4.32. The summed E-state index contributed by atoms with van der Waals surface area (Å²) >= 11 is 5.97. The lowest BCUT2D eigenvalue weighted by Crippen LogP contribution is -2.49. The van der Waals surface area contributed by atoms with Crippen LogP contribution in [0.15, 0.2) is 41.6 Å². The lowest BCUT2D eigenvalue weighted by Gasteiger charge is -2.21. The SMILES string of the molecule is CCOc1nc(OCC)nc(N2C=CN(NS(=O)(=O)c3ccccc3Cl)N2)n1. The first-order chi connectivity index (χ1) is 13.4. The van der Waals surface area contributed by atoms with Crippen molar-refractivity contribution in [2.45, 2.75) is 18.7 Å². The Morgan fingerprint density at radius 3 is 2.32 bits per heavy atom. The number of ether oxygens (including phenoxy) is 2. The van der Waals surface area contributed by atoms with Crippen LogP contribution in [0, 0.1) is 0 Å². The van der Waals surface area contributed by atoms with E-state index >= 15 is 0 Å². The molecule has 11 nitrogen and oxygen atoms in total. The van der Waals surface area contributed by atoms with Crippen LogP contribution < -0.4 is 24.8 Å². The molecule has 1 aliphatic rings. The smallest absolute Gasteiger partial charge is 0.324 e. The van der Waals surface area contributed by atoms with E-state index in [9.17, 15) is 8.42 Å². The summed E-state index contributed by atoms with van der Waals surface area (Å²) < 4.78 is 35.7. The van der Waals surface area contributed by atoms with Gasteiger partial charge in [0.2, 0.25) is 0 Å². The monoisotopic (exact) mass is 427 g/mol. The van der Waals surface area contributed by atoms with E-state index in [4.69, 9.17) is 21.1 Å². The molecule has 1 aliphatic heterocycles. The van der Waals surface area contributed by atoms with Gasteiger partial charge in [-0.05, 0) is 26.0 Å². The molecule has 1 aromatic carbocycles. The van der Waals surface area contributed by atoms with Crippen LogP contribution in [0.4, 0.5) is 5.95 Å². The average molecular weight is 428 g/mol. The standard InChI is InChI=1S/C15H18ClN7O4S/c1-3-26-14-17-13(18-15(19-14)27-4-2)22-9-10-23(20-22)21-28(24,25)12-8-6-5-7-11(12)16/h5-10,20-21H,3-4H2,1-2H3. The van der Waals surface area contributed by atoms with E-state index in [1.54, 1.807) is 26.0 Å². The number of hydrazine groups is 3. The minimum absolute atomic E-state index is 0.0530. The van der Waals surface area contributed by atoms with Gasteiger partial charge in [0.05, 0.1) is 24.4 Å². The lowest BCUT2D eigenvalue weighted by molar-refractivity contribution is 0.254. The second-order valence-corrected chi connectivity index (χ2v) is 7.27. The summed E-state index contributed by atoms with van der Waals surface area (Å²) in [5, 5.41) is 2.58. The summed E-state index contributed by atoms with van der Waals surface area (Å²) in [5.41, 5.74) is 2.75. The third kappa shape index (κ3) is 4.59. The fourth-order valence-electron chi connectivity index (χ4n) is 2.14. The molecular weight excluding hydrogens is 410 g/mol. The number of rotatable bonds is 8. The molecule has 2 heterocycles. The Balaban J connectivity index is 1.75. The van der Waals surface area contributed by atoms with Crippen molar-refractivity contribution in [2.75, 3.05) is 18.2 Å². The highest BCUT2D eigenvalue weighted by molar-refractivity contribution is 7.89. The van der Waals surface area contributed by atoms with Gasteiger partial charge in [0.15, 0.2) is 0 Å². The number of hydrogen-bond donors (Lipinski definition) is 2. The second kappa shape index (κ2) is 8.56. The van der Waals surface area contributed by atoms with Gasteiger partial charge in [-0.1, -0.05) is 23.7 Å². The number of nitrogens with zero attached hydrogens (tertiary/aromatic N) is 5. The number of sulfonamides is 1. The van der Waals surface area contributed by atoms with Crippen molar-refractivity contribution < 1.29 is 17.9 Å². The van der Waals surface area contributed by atoms with Crippen LogP contribution in [-0.4, -0.2) is 41.7 Å². The van der Waals surface area contributed by atoms with E-state index in [0.717, 1.165) is 5.12 Å². The first-order valence-electron chi connectivity index (χ1n) is 8.24. The van der Waals surface area contributed by atoms with Crippen molar-refractivity contribution in [3.63, 3.8) is 0 Å².